The van der Waals surface area contributed by atoms with Crippen molar-refractivity contribution in [1.29, 1.82) is 0 Å². The summed E-state index contributed by atoms with van der Waals surface area (Å²) in [6, 6.07) is 9.19. The molecule has 7 heteroatoms. The highest BCUT2D eigenvalue weighted by Crippen LogP contribution is 2.28. The molecule has 0 bridgehead atoms. The van der Waals surface area contributed by atoms with Crippen LogP contribution in [0.3, 0.4) is 0 Å². The fraction of sp³-hybridized carbons (Fsp3) is 0.167. The molecule has 0 radical (unpaired) electrons. The third-order valence-electron chi connectivity index (χ3n) is 3.60. The lowest BCUT2D eigenvalue weighted by Gasteiger charge is -2.25. The topological polar surface area (TPSA) is 63.7 Å². The first-order valence-corrected chi connectivity index (χ1v) is 8.83. The third kappa shape index (κ3) is 3.88. The number of benzene rings is 2. The van der Waals surface area contributed by atoms with Crippen LogP contribution in [0.15, 0.2) is 60.0 Å². The highest BCUT2D eigenvalue weighted by atomic mass is 32.2. The van der Waals surface area contributed by atoms with E-state index in [0.29, 0.717) is 11.3 Å². The Bertz CT molecular complexity index is 892. The number of esters is 1. The lowest BCUT2D eigenvalue weighted by Crippen LogP contribution is -2.32. The van der Waals surface area contributed by atoms with Gasteiger partial charge in [0.2, 0.25) is 0 Å². The van der Waals surface area contributed by atoms with Crippen molar-refractivity contribution in [3.8, 4) is 0 Å². The van der Waals surface area contributed by atoms with Gasteiger partial charge in [0.05, 0.1) is 29.8 Å². The van der Waals surface area contributed by atoms with Gasteiger partial charge in [-0.15, -0.1) is 6.58 Å². The van der Waals surface area contributed by atoms with Crippen LogP contribution < -0.4 is 4.31 Å². The van der Waals surface area contributed by atoms with E-state index in [0.717, 1.165) is 16.4 Å². The number of halogens is 1. The summed E-state index contributed by atoms with van der Waals surface area (Å²) in [5.41, 5.74) is 1.21. The van der Waals surface area contributed by atoms with Gasteiger partial charge in [0.25, 0.3) is 10.0 Å². The fourth-order valence-corrected chi connectivity index (χ4v) is 3.79. The van der Waals surface area contributed by atoms with Gasteiger partial charge >= 0.3 is 5.97 Å². The van der Waals surface area contributed by atoms with Gasteiger partial charge < -0.3 is 4.74 Å². The van der Waals surface area contributed by atoms with Crippen LogP contribution in [0.2, 0.25) is 0 Å². The summed E-state index contributed by atoms with van der Waals surface area (Å²) in [7, 11) is -2.71. The first-order valence-electron chi connectivity index (χ1n) is 7.39. The maximum atomic E-state index is 13.1. The number of aryl methyl sites for hydroxylation is 1. The van der Waals surface area contributed by atoms with E-state index in [4.69, 9.17) is 0 Å². The van der Waals surface area contributed by atoms with E-state index in [1.807, 2.05) is 0 Å². The Morgan fingerprint density at radius 2 is 1.88 bits per heavy atom. The van der Waals surface area contributed by atoms with Gasteiger partial charge in [-0.05, 0) is 48.9 Å². The molecule has 0 aromatic heterocycles. The lowest BCUT2D eigenvalue weighted by molar-refractivity contribution is 0.0600. The number of methoxy groups -OCH3 is 1. The molecule has 132 valence electrons. The van der Waals surface area contributed by atoms with Crippen LogP contribution >= 0.6 is 0 Å². The van der Waals surface area contributed by atoms with Crippen LogP contribution in [0.25, 0.3) is 0 Å². The summed E-state index contributed by atoms with van der Waals surface area (Å²) in [6.45, 7) is 5.31. The van der Waals surface area contributed by atoms with E-state index in [1.165, 1.54) is 31.4 Å². The minimum atomic E-state index is -3.96. The number of nitrogens with zero attached hydrogens (tertiary/aromatic N) is 1. The number of rotatable bonds is 6. The fourth-order valence-electron chi connectivity index (χ4n) is 2.30. The van der Waals surface area contributed by atoms with Crippen molar-refractivity contribution in [1.82, 2.24) is 0 Å². The Morgan fingerprint density at radius 1 is 1.24 bits per heavy atom. The van der Waals surface area contributed by atoms with Gasteiger partial charge in [0.1, 0.15) is 5.82 Å². The maximum Gasteiger partial charge on any atom is 0.337 e. The Labute approximate surface area is 146 Å². The second kappa shape index (κ2) is 7.48. The number of ether oxygens (including phenoxy) is 1. The Morgan fingerprint density at radius 3 is 2.44 bits per heavy atom. The van der Waals surface area contributed by atoms with Crippen LogP contribution in [0.1, 0.15) is 15.9 Å². The number of hydrogen-bond acceptors (Lipinski definition) is 4. The number of carbonyl (C=O) groups is 1. The number of hydrogen-bond donors (Lipinski definition) is 0. The monoisotopic (exact) mass is 363 g/mol. The molecule has 0 heterocycles. The molecule has 25 heavy (non-hydrogen) atoms. The molecule has 0 aliphatic heterocycles. The third-order valence-corrected chi connectivity index (χ3v) is 5.39. The van der Waals surface area contributed by atoms with E-state index in [9.17, 15) is 17.6 Å². The van der Waals surface area contributed by atoms with E-state index < -0.39 is 21.8 Å². The molecule has 2 aromatic carbocycles. The quantitative estimate of drug-likeness (QED) is 0.583. The SMILES string of the molecule is C=CCN(c1cc(C(=O)OC)ccc1C)S(=O)(=O)c1ccc(F)cc1. The zero-order valence-corrected chi connectivity index (χ0v) is 14.7. The normalized spacial score (nSPS) is 11.0. The second-order valence-corrected chi connectivity index (χ2v) is 7.13. The van der Waals surface area contributed by atoms with Crippen molar-refractivity contribution in [2.75, 3.05) is 18.0 Å². The molecular weight excluding hydrogens is 345 g/mol. The van der Waals surface area contributed by atoms with Gasteiger partial charge in [-0.3, -0.25) is 4.31 Å². The molecule has 2 rings (SSSR count). The van der Waals surface area contributed by atoms with Crippen LogP contribution in [0.4, 0.5) is 10.1 Å². The van der Waals surface area contributed by atoms with E-state index in [2.05, 4.69) is 11.3 Å². The average molecular weight is 363 g/mol. The van der Waals surface area contributed by atoms with Crippen LogP contribution in [-0.4, -0.2) is 28.0 Å². The molecule has 0 spiro atoms. The zero-order chi connectivity index (χ0) is 18.6. The summed E-state index contributed by atoms with van der Waals surface area (Å²) in [4.78, 5) is 11.7. The standard InChI is InChI=1S/C18H18FNO4S/c1-4-11-20(25(22,23)16-9-7-15(19)8-10-16)17-12-14(18(21)24-3)6-5-13(17)2/h4-10,12H,1,11H2,2-3H3. The van der Waals surface area contributed by atoms with Crippen molar-refractivity contribution in [2.45, 2.75) is 11.8 Å². The van der Waals surface area contributed by atoms with Gasteiger partial charge in [0.15, 0.2) is 0 Å². The largest absolute Gasteiger partial charge is 0.465 e. The van der Waals surface area contributed by atoms with E-state index >= 15 is 0 Å². The van der Waals surface area contributed by atoms with Crippen molar-refractivity contribution >= 4 is 21.7 Å². The molecular formula is C18H18FNO4S. The van der Waals surface area contributed by atoms with Crippen molar-refractivity contribution < 1.29 is 22.3 Å². The summed E-state index contributed by atoms with van der Waals surface area (Å²) in [5.74, 6) is -1.10. The highest BCUT2D eigenvalue weighted by Gasteiger charge is 2.26. The minimum Gasteiger partial charge on any atom is -0.465 e. The highest BCUT2D eigenvalue weighted by molar-refractivity contribution is 7.92. The second-order valence-electron chi connectivity index (χ2n) is 5.27. The molecule has 0 aliphatic rings. The average Bonchev–Trinajstić information content (AvgIpc) is 2.60. The molecule has 2 aromatic rings. The van der Waals surface area contributed by atoms with Crippen LogP contribution in [-0.2, 0) is 14.8 Å². The van der Waals surface area contributed by atoms with Crippen molar-refractivity contribution in [3.05, 3.63) is 72.1 Å². The van der Waals surface area contributed by atoms with Gasteiger partial charge in [-0.1, -0.05) is 12.1 Å². The van der Waals surface area contributed by atoms with Crippen LogP contribution in [0, 0.1) is 12.7 Å². The van der Waals surface area contributed by atoms with Crippen LogP contribution in [0.5, 0.6) is 0 Å². The molecule has 0 amide bonds. The molecule has 5 nitrogen and oxygen atoms in total. The molecule has 0 saturated heterocycles. The Kier molecular flexibility index (Phi) is 5.58. The molecule has 0 atom stereocenters. The lowest BCUT2D eigenvalue weighted by atomic mass is 10.1. The molecule has 0 fully saturated rings. The molecule has 0 unspecified atom stereocenters. The first-order chi connectivity index (χ1) is 11.8. The molecule has 0 N–H and O–H groups in total. The predicted molar refractivity (Wildman–Crippen MR) is 93.6 cm³/mol. The maximum absolute atomic E-state index is 13.1. The smallest absolute Gasteiger partial charge is 0.337 e. The van der Waals surface area contributed by atoms with Gasteiger partial charge in [0, 0.05) is 0 Å². The molecule has 0 aliphatic carbocycles. The Hall–Kier alpha value is -2.67. The number of anilines is 1. The summed E-state index contributed by atoms with van der Waals surface area (Å²) >= 11 is 0. The number of sulfonamides is 1. The minimum absolute atomic E-state index is 0.00875. The zero-order valence-electron chi connectivity index (χ0n) is 13.9. The Balaban J connectivity index is 2.59. The summed E-state index contributed by atoms with van der Waals surface area (Å²) < 4.78 is 44.9. The van der Waals surface area contributed by atoms with Crippen molar-refractivity contribution in [2.24, 2.45) is 0 Å². The summed E-state index contributed by atoms with van der Waals surface area (Å²) in [6.07, 6.45) is 1.44. The van der Waals surface area contributed by atoms with Gasteiger partial charge in [-0.2, -0.15) is 0 Å². The predicted octanol–water partition coefficient (Wildman–Crippen LogP) is 3.30. The van der Waals surface area contributed by atoms with Crippen molar-refractivity contribution in [3.63, 3.8) is 0 Å². The first kappa shape index (κ1) is 18.7. The number of carbonyl (C=O) groups excluding carboxylic acids is 1. The van der Waals surface area contributed by atoms with E-state index in [1.54, 1.807) is 19.1 Å². The summed E-state index contributed by atoms with van der Waals surface area (Å²) in [5, 5.41) is 0. The van der Waals surface area contributed by atoms with E-state index in [-0.39, 0.29) is 17.0 Å². The van der Waals surface area contributed by atoms with Gasteiger partial charge in [-0.25, -0.2) is 17.6 Å². The molecule has 0 saturated carbocycles.